The van der Waals surface area contributed by atoms with E-state index < -0.39 is 0 Å². The lowest BCUT2D eigenvalue weighted by molar-refractivity contribution is 0.128. The number of rotatable bonds is 1. The van der Waals surface area contributed by atoms with E-state index in [4.69, 9.17) is 0 Å². The van der Waals surface area contributed by atoms with Crippen LogP contribution in [0.4, 0.5) is 0 Å². The van der Waals surface area contributed by atoms with Crippen molar-refractivity contribution in [2.24, 2.45) is 5.41 Å². The molecule has 0 aromatic carbocycles. The summed E-state index contributed by atoms with van der Waals surface area (Å²) in [6.45, 7) is 1.51. The first-order valence-corrected chi connectivity index (χ1v) is 4.22. The second-order valence-corrected chi connectivity index (χ2v) is 3.67. The molecule has 1 aliphatic heterocycles. The van der Waals surface area contributed by atoms with E-state index in [1.807, 2.05) is 0 Å². The minimum absolute atomic E-state index is 0.292. The van der Waals surface area contributed by atoms with Gasteiger partial charge in [0.1, 0.15) is 0 Å². The highest BCUT2D eigenvalue weighted by atomic mass is 16.3. The maximum Gasteiger partial charge on any atom is 0.0502 e. The normalized spacial score (nSPS) is 45.9. The van der Waals surface area contributed by atoms with Gasteiger partial charge in [-0.25, -0.2) is 0 Å². The highest BCUT2D eigenvalue weighted by molar-refractivity contribution is 5.00. The van der Waals surface area contributed by atoms with Crippen LogP contribution in [-0.4, -0.2) is 24.3 Å². The van der Waals surface area contributed by atoms with Crippen molar-refractivity contribution in [1.29, 1.82) is 0 Å². The van der Waals surface area contributed by atoms with Crippen LogP contribution in [0.5, 0.6) is 0 Å². The van der Waals surface area contributed by atoms with Crippen LogP contribution < -0.4 is 5.32 Å². The Labute approximate surface area is 61.6 Å². The van der Waals surface area contributed by atoms with Gasteiger partial charge in [0.2, 0.25) is 0 Å². The number of nitrogens with one attached hydrogen (secondary N) is 1. The van der Waals surface area contributed by atoms with Crippen LogP contribution in [0, 0.1) is 5.41 Å². The lowest BCUT2D eigenvalue weighted by Crippen LogP contribution is -2.34. The molecule has 0 aromatic rings. The van der Waals surface area contributed by atoms with Crippen molar-refractivity contribution in [2.75, 3.05) is 13.2 Å². The molecule has 0 bridgehead atoms. The first-order chi connectivity index (χ1) is 4.87. The second-order valence-electron chi connectivity index (χ2n) is 3.67. The zero-order valence-electron chi connectivity index (χ0n) is 6.27. The third-order valence-electron chi connectivity index (χ3n) is 3.24. The van der Waals surface area contributed by atoms with E-state index in [9.17, 15) is 5.11 Å². The first-order valence-electron chi connectivity index (χ1n) is 4.22. The zero-order valence-corrected chi connectivity index (χ0v) is 6.27. The Morgan fingerprint density at radius 1 is 1.50 bits per heavy atom. The van der Waals surface area contributed by atoms with Gasteiger partial charge >= 0.3 is 0 Å². The molecule has 2 N–H and O–H groups in total. The van der Waals surface area contributed by atoms with Gasteiger partial charge in [-0.3, -0.25) is 0 Å². The third-order valence-corrected chi connectivity index (χ3v) is 3.24. The van der Waals surface area contributed by atoms with Gasteiger partial charge in [-0.15, -0.1) is 0 Å². The number of hydrogen-bond donors (Lipinski definition) is 2. The van der Waals surface area contributed by atoms with Crippen LogP contribution >= 0.6 is 0 Å². The Morgan fingerprint density at radius 3 is 3.10 bits per heavy atom. The molecule has 2 fully saturated rings. The van der Waals surface area contributed by atoms with Gasteiger partial charge in [0.25, 0.3) is 0 Å². The van der Waals surface area contributed by atoms with Crippen LogP contribution in [0.15, 0.2) is 0 Å². The second kappa shape index (κ2) is 2.21. The summed E-state index contributed by atoms with van der Waals surface area (Å²) in [4.78, 5) is 0. The van der Waals surface area contributed by atoms with Crippen LogP contribution in [-0.2, 0) is 0 Å². The summed E-state index contributed by atoms with van der Waals surface area (Å²) < 4.78 is 0. The molecule has 2 atom stereocenters. The monoisotopic (exact) mass is 141 g/mol. The molecule has 0 radical (unpaired) electrons. The Bertz CT molecular complexity index is 125. The minimum Gasteiger partial charge on any atom is -0.396 e. The molecule has 58 valence electrons. The van der Waals surface area contributed by atoms with Crippen LogP contribution in [0.3, 0.4) is 0 Å². The summed E-state index contributed by atoms with van der Waals surface area (Å²) in [5.41, 5.74) is 0.292. The lowest BCUT2D eigenvalue weighted by atomic mass is 9.84. The van der Waals surface area contributed by atoms with Crippen molar-refractivity contribution in [3.8, 4) is 0 Å². The Balaban J connectivity index is 2.15. The predicted molar refractivity (Wildman–Crippen MR) is 39.8 cm³/mol. The minimum atomic E-state index is 0.292. The average molecular weight is 141 g/mol. The first kappa shape index (κ1) is 6.62. The highest BCUT2D eigenvalue weighted by Crippen LogP contribution is 2.43. The standard InChI is InChI=1S/C8H15NO/c10-6-8-3-1-2-7(8)9-5-4-8/h7,9-10H,1-6H2/t7-,8+/m1/s1. The van der Waals surface area contributed by atoms with Gasteiger partial charge in [0, 0.05) is 11.5 Å². The van der Waals surface area contributed by atoms with E-state index in [1.165, 1.54) is 25.7 Å². The number of fused-ring (bicyclic) bond motifs is 1. The molecule has 1 saturated carbocycles. The SMILES string of the molecule is OC[C@@]12CCC[C@H]1NCC2. The molecule has 1 saturated heterocycles. The molecule has 0 aromatic heterocycles. The van der Waals surface area contributed by atoms with Gasteiger partial charge in [-0.1, -0.05) is 6.42 Å². The number of aliphatic hydroxyl groups excluding tert-OH is 1. The highest BCUT2D eigenvalue weighted by Gasteiger charge is 2.45. The molecule has 1 heterocycles. The van der Waals surface area contributed by atoms with E-state index in [0.29, 0.717) is 18.1 Å². The molecule has 2 aliphatic rings. The lowest BCUT2D eigenvalue weighted by Gasteiger charge is -2.25. The van der Waals surface area contributed by atoms with Gasteiger partial charge in [-0.2, -0.15) is 0 Å². The van der Waals surface area contributed by atoms with Gasteiger partial charge in [0.05, 0.1) is 6.61 Å². The van der Waals surface area contributed by atoms with Crippen molar-refractivity contribution < 1.29 is 5.11 Å². The van der Waals surface area contributed by atoms with Crippen molar-refractivity contribution in [3.63, 3.8) is 0 Å². The summed E-state index contributed by atoms with van der Waals surface area (Å²) in [5, 5.41) is 12.6. The van der Waals surface area contributed by atoms with E-state index in [2.05, 4.69) is 5.32 Å². The maximum absolute atomic E-state index is 9.19. The zero-order chi connectivity index (χ0) is 7.03. The molecular formula is C8H15NO. The quantitative estimate of drug-likeness (QED) is 0.557. The van der Waals surface area contributed by atoms with Crippen LogP contribution in [0.2, 0.25) is 0 Å². The topological polar surface area (TPSA) is 32.3 Å². The van der Waals surface area contributed by atoms with Crippen molar-refractivity contribution in [1.82, 2.24) is 5.32 Å². The van der Waals surface area contributed by atoms with Crippen LogP contribution in [0.25, 0.3) is 0 Å². The molecule has 0 amide bonds. The smallest absolute Gasteiger partial charge is 0.0502 e. The maximum atomic E-state index is 9.19. The fourth-order valence-corrected chi connectivity index (χ4v) is 2.52. The predicted octanol–water partition coefficient (Wildman–Crippen LogP) is 0.511. The fraction of sp³-hybridized carbons (Fsp3) is 1.00. The van der Waals surface area contributed by atoms with Crippen LogP contribution in [0.1, 0.15) is 25.7 Å². The van der Waals surface area contributed by atoms with Gasteiger partial charge in [-0.05, 0) is 25.8 Å². The fourth-order valence-electron chi connectivity index (χ4n) is 2.52. The molecule has 2 rings (SSSR count). The summed E-state index contributed by atoms with van der Waals surface area (Å²) in [6.07, 6.45) is 5.01. The summed E-state index contributed by atoms with van der Waals surface area (Å²) >= 11 is 0. The van der Waals surface area contributed by atoms with Crippen molar-refractivity contribution >= 4 is 0 Å². The molecule has 1 aliphatic carbocycles. The van der Waals surface area contributed by atoms with Crippen molar-refractivity contribution in [3.05, 3.63) is 0 Å². The molecule has 2 heteroatoms. The van der Waals surface area contributed by atoms with E-state index >= 15 is 0 Å². The van der Waals surface area contributed by atoms with E-state index in [-0.39, 0.29) is 0 Å². The Kier molecular flexibility index (Phi) is 1.46. The Hall–Kier alpha value is -0.0800. The van der Waals surface area contributed by atoms with E-state index in [1.54, 1.807) is 0 Å². The van der Waals surface area contributed by atoms with Crippen molar-refractivity contribution in [2.45, 2.75) is 31.7 Å². The third kappa shape index (κ3) is 0.722. The largest absolute Gasteiger partial charge is 0.396 e. The average Bonchev–Trinajstić information content (AvgIpc) is 2.42. The Morgan fingerprint density at radius 2 is 2.40 bits per heavy atom. The molecule has 10 heavy (non-hydrogen) atoms. The molecular weight excluding hydrogens is 126 g/mol. The number of hydrogen-bond acceptors (Lipinski definition) is 2. The number of aliphatic hydroxyl groups is 1. The summed E-state index contributed by atoms with van der Waals surface area (Å²) in [7, 11) is 0. The molecule has 0 spiro atoms. The molecule has 2 nitrogen and oxygen atoms in total. The summed E-state index contributed by atoms with van der Waals surface area (Å²) in [6, 6.07) is 0.637. The molecule has 0 unspecified atom stereocenters. The summed E-state index contributed by atoms with van der Waals surface area (Å²) in [5.74, 6) is 0. The van der Waals surface area contributed by atoms with E-state index in [0.717, 1.165) is 6.54 Å². The van der Waals surface area contributed by atoms with Gasteiger partial charge < -0.3 is 10.4 Å². The van der Waals surface area contributed by atoms with Gasteiger partial charge in [0.15, 0.2) is 0 Å².